The number of fused-ring (bicyclic) bond motifs is 1. The molecule has 0 aromatic heterocycles. The summed E-state index contributed by atoms with van der Waals surface area (Å²) in [6.45, 7) is 4.68. The highest BCUT2D eigenvalue weighted by molar-refractivity contribution is 7.98. The van der Waals surface area contributed by atoms with E-state index in [9.17, 15) is 9.60 Å². The lowest BCUT2D eigenvalue weighted by molar-refractivity contribution is -0.237. The molecule has 158 valence electrons. The Bertz CT molecular complexity index is 977. The molecule has 0 spiro atoms. The summed E-state index contributed by atoms with van der Waals surface area (Å²) in [5, 5.41) is 12.2. The summed E-state index contributed by atoms with van der Waals surface area (Å²) in [7, 11) is 0. The van der Waals surface area contributed by atoms with Gasteiger partial charge >= 0.3 is 0 Å². The Hall–Kier alpha value is -1.92. The van der Waals surface area contributed by atoms with E-state index in [4.69, 9.17) is 4.74 Å². The summed E-state index contributed by atoms with van der Waals surface area (Å²) < 4.78 is 19.9. The molecule has 0 saturated carbocycles. The van der Waals surface area contributed by atoms with E-state index < -0.39 is 0 Å². The van der Waals surface area contributed by atoms with Crippen molar-refractivity contribution in [3.05, 3.63) is 70.5 Å². The quantitative estimate of drug-likeness (QED) is 0.439. The van der Waals surface area contributed by atoms with Crippen molar-refractivity contribution in [2.45, 2.75) is 50.3 Å². The highest BCUT2D eigenvalue weighted by Crippen LogP contribution is 2.45. The molecule has 3 nitrogen and oxygen atoms in total. The molecule has 30 heavy (non-hydrogen) atoms. The van der Waals surface area contributed by atoms with Crippen molar-refractivity contribution in [3.8, 4) is 0 Å². The Kier molecular flexibility index (Phi) is 6.44. The lowest BCUT2D eigenvalue weighted by Gasteiger charge is -2.34. The van der Waals surface area contributed by atoms with Crippen LogP contribution in [0.25, 0.3) is 17.2 Å². The Morgan fingerprint density at radius 1 is 1.17 bits per heavy atom. The number of ether oxygens (including phenoxy) is 1. The van der Waals surface area contributed by atoms with Crippen molar-refractivity contribution in [2.75, 3.05) is 12.9 Å². The summed E-state index contributed by atoms with van der Waals surface area (Å²) in [4.78, 5) is 1.22. The first kappa shape index (κ1) is 21.3. The molecule has 2 unspecified atom stereocenters. The lowest BCUT2D eigenvalue weighted by atomic mass is 9.98. The monoisotopic (exact) mass is 425 g/mol. The van der Waals surface area contributed by atoms with Crippen LogP contribution >= 0.6 is 11.8 Å². The van der Waals surface area contributed by atoms with Crippen LogP contribution in [0.3, 0.4) is 0 Å². The predicted molar refractivity (Wildman–Crippen MR) is 122 cm³/mol. The molecule has 0 amide bonds. The zero-order valence-electron chi connectivity index (χ0n) is 17.7. The van der Waals surface area contributed by atoms with Gasteiger partial charge in [-0.2, -0.15) is 5.06 Å². The average molecular weight is 426 g/mol. The fraction of sp³-hybridized carbons (Fsp3) is 0.360. The Labute approximate surface area is 182 Å². The van der Waals surface area contributed by atoms with Gasteiger partial charge in [-0.1, -0.05) is 18.2 Å². The Morgan fingerprint density at radius 2 is 1.93 bits per heavy atom. The highest BCUT2D eigenvalue weighted by atomic mass is 32.2. The second-order valence-corrected chi connectivity index (χ2v) is 8.82. The molecule has 1 aliphatic heterocycles. The SMILES string of the molecule is CSc1ccc(C=C2C(C)=C(C(C)N(O)C3CCCCO3)c3cc(F)ccc32)cc1. The molecule has 0 bridgehead atoms. The van der Waals surface area contributed by atoms with Gasteiger partial charge in [0.15, 0.2) is 0 Å². The van der Waals surface area contributed by atoms with E-state index in [1.807, 2.05) is 13.0 Å². The standard InChI is InChI=1S/C25H28FNO2S/c1-16-22(14-18-7-10-20(30-3)11-8-18)21-12-9-19(26)15-23(21)25(16)17(2)27(28)24-6-4-5-13-29-24/h7-12,14-15,17,24,28H,4-6,13H2,1-3H3. The van der Waals surface area contributed by atoms with Crippen molar-refractivity contribution in [2.24, 2.45) is 0 Å². The van der Waals surface area contributed by atoms with E-state index in [-0.39, 0.29) is 18.1 Å². The number of allylic oxidation sites excluding steroid dienone is 2. The summed E-state index contributed by atoms with van der Waals surface area (Å²) in [5.74, 6) is -0.268. The van der Waals surface area contributed by atoms with Crippen LogP contribution in [0.15, 0.2) is 52.9 Å². The van der Waals surface area contributed by atoms with Crippen LogP contribution in [-0.4, -0.2) is 35.4 Å². The van der Waals surface area contributed by atoms with Gasteiger partial charge in [0.1, 0.15) is 12.0 Å². The second-order valence-electron chi connectivity index (χ2n) is 7.94. The molecule has 1 aliphatic carbocycles. The fourth-order valence-electron chi connectivity index (χ4n) is 4.43. The minimum absolute atomic E-state index is 0.268. The van der Waals surface area contributed by atoms with Gasteiger partial charge in [0, 0.05) is 11.5 Å². The molecule has 0 radical (unpaired) electrons. The molecule has 2 aliphatic rings. The molecule has 2 aromatic rings. The van der Waals surface area contributed by atoms with Gasteiger partial charge in [0.25, 0.3) is 0 Å². The normalized spacial score (nSPS) is 21.4. The van der Waals surface area contributed by atoms with Gasteiger partial charge in [-0.3, -0.25) is 0 Å². The third kappa shape index (κ3) is 4.12. The topological polar surface area (TPSA) is 32.7 Å². The number of rotatable bonds is 5. The van der Waals surface area contributed by atoms with Gasteiger partial charge < -0.3 is 9.94 Å². The third-order valence-corrected chi connectivity index (χ3v) is 6.81. The van der Waals surface area contributed by atoms with Crippen LogP contribution in [0.2, 0.25) is 0 Å². The smallest absolute Gasteiger partial charge is 0.133 e. The zero-order valence-corrected chi connectivity index (χ0v) is 18.5. The molecular weight excluding hydrogens is 397 g/mol. The van der Waals surface area contributed by atoms with Crippen LogP contribution in [0, 0.1) is 5.82 Å². The highest BCUT2D eigenvalue weighted by Gasteiger charge is 2.33. The van der Waals surface area contributed by atoms with E-state index >= 15 is 0 Å². The molecule has 1 saturated heterocycles. The molecule has 2 atom stereocenters. The number of hydrogen-bond acceptors (Lipinski definition) is 4. The van der Waals surface area contributed by atoms with Gasteiger partial charge in [-0.25, -0.2) is 4.39 Å². The Balaban J connectivity index is 1.74. The fourth-order valence-corrected chi connectivity index (χ4v) is 4.84. The number of benzene rings is 2. The summed E-state index contributed by atoms with van der Waals surface area (Å²) in [6.07, 6.45) is 6.75. The van der Waals surface area contributed by atoms with Gasteiger partial charge in [-0.15, -0.1) is 11.8 Å². The first-order valence-corrected chi connectivity index (χ1v) is 11.7. The molecule has 4 rings (SSSR count). The van der Waals surface area contributed by atoms with E-state index in [0.717, 1.165) is 52.7 Å². The van der Waals surface area contributed by atoms with Crippen LogP contribution in [0.1, 0.15) is 49.8 Å². The third-order valence-electron chi connectivity index (χ3n) is 6.06. The number of hydrogen-bond donors (Lipinski definition) is 1. The summed E-state index contributed by atoms with van der Waals surface area (Å²) in [6, 6.07) is 13.0. The van der Waals surface area contributed by atoms with E-state index in [2.05, 4.69) is 43.5 Å². The molecule has 1 fully saturated rings. The molecule has 1 heterocycles. The van der Waals surface area contributed by atoms with Crippen LogP contribution in [0.5, 0.6) is 0 Å². The summed E-state index contributed by atoms with van der Waals surface area (Å²) >= 11 is 1.72. The maximum absolute atomic E-state index is 14.2. The first-order chi connectivity index (χ1) is 14.5. The van der Waals surface area contributed by atoms with Crippen molar-refractivity contribution in [3.63, 3.8) is 0 Å². The summed E-state index contributed by atoms with van der Waals surface area (Å²) in [5.41, 5.74) is 6.04. The van der Waals surface area contributed by atoms with Crippen LogP contribution < -0.4 is 0 Å². The van der Waals surface area contributed by atoms with Gasteiger partial charge in [-0.05, 0) is 103 Å². The minimum Gasteiger partial charge on any atom is -0.361 e. The molecular formula is C25H28FNO2S. The number of nitrogens with zero attached hydrogens (tertiary/aromatic N) is 1. The minimum atomic E-state index is -0.321. The first-order valence-electron chi connectivity index (χ1n) is 10.5. The van der Waals surface area contributed by atoms with Crippen molar-refractivity contribution < 1.29 is 14.3 Å². The lowest BCUT2D eigenvalue weighted by Crippen LogP contribution is -2.43. The van der Waals surface area contributed by atoms with Crippen molar-refractivity contribution in [1.82, 2.24) is 5.06 Å². The van der Waals surface area contributed by atoms with E-state index in [1.165, 1.54) is 16.0 Å². The zero-order chi connectivity index (χ0) is 21.3. The van der Waals surface area contributed by atoms with E-state index in [1.54, 1.807) is 17.8 Å². The average Bonchev–Trinajstić information content (AvgIpc) is 3.04. The number of thioether (sulfide) groups is 1. The molecule has 2 aromatic carbocycles. The maximum Gasteiger partial charge on any atom is 0.133 e. The van der Waals surface area contributed by atoms with Crippen molar-refractivity contribution >= 4 is 29.0 Å². The molecule has 5 heteroatoms. The number of halogens is 1. The number of hydroxylamine groups is 2. The van der Waals surface area contributed by atoms with Gasteiger partial charge in [0.05, 0.1) is 6.04 Å². The predicted octanol–water partition coefficient (Wildman–Crippen LogP) is 6.48. The van der Waals surface area contributed by atoms with E-state index in [0.29, 0.717) is 6.61 Å². The van der Waals surface area contributed by atoms with Crippen LogP contribution in [-0.2, 0) is 4.74 Å². The largest absolute Gasteiger partial charge is 0.361 e. The maximum atomic E-state index is 14.2. The second kappa shape index (κ2) is 9.06. The Morgan fingerprint density at radius 3 is 2.60 bits per heavy atom. The van der Waals surface area contributed by atoms with Crippen molar-refractivity contribution in [1.29, 1.82) is 0 Å². The molecule has 1 N–H and O–H groups in total. The van der Waals surface area contributed by atoms with Gasteiger partial charge in [0.2, 0.25) is 0 Å². The van der Waals surface area contributed by atoms with Crippen LogP contribution in [0.4, 0.5) is 4.39 Å².